The van der Waals surface area contributed by atoms with Crippen LogP contribution in [0.4, 0.5) is 13.2 Å². The van der Waals surface area contributed by atoms with Gasteiger partial charge in [-0.25, -0.2) is 13.4 Å². The highest BCUT2D eigenvalue weighted by Gasteiger charge is 2.31. The van der Waals surface area contributed by atoms with Gasteiger partial charge in [0.15, 0.2) is 0 Å². The van der Waals surface area contributed by atoms with Crippen LogP contribution in [0.5, 0.6) is 0 Å². The molecule has 2 aromatic rings. The molecule has 0 aliphatic carbocycles. The van der Waals surface area contributed by atoms with E-state index in [4.69, 9.17) is 0 Å². The van der Waals surface area contributed by atoms with Crippen LogP contribution in [-0.2, 0) is 21.0 Å². The summed E-state index contributed by atoms with van der Waals surface area (Å²) in [5, 5.41) is 1.47. The van der Waals surface area contributed by atoms with Crippen molar-refractivity contribution in [3.05, 3.63) is 65.2 Å². The molecule has 0 radical (unpaired) electrons. The molecule has 3 rings (SSSR count). The number of pyridine rings is 1. The smallest absolute Gasteiger partial charge is 0.339 e. The van der Waals surface area contributed by atoms with Gasteiger partial charge in [0, 0.05) is 37.8 Å². The minimum Gasteiger partial charge on any atom is -0.339 e. The first-order valence-corrected chi connectivity index (χ1v) is 11.8. The fraction of sp³-hybridized carbons (Fsp3) is 0.300. The van der Waals surface area contributed by atoms with Crippen molar-refractivity contribution in [1.29, 1.82) is 0 Å². The lowest BCUT2D eigenvalue weighted by Crippen LogP contribution is -2.50. The molecule has 6 nitrogen and oxygen atoms in total. The fourth-order valence-electron chi connectivity index (χ4n) is 2.87. The van der Waals surface area contributed by atoms with Crippen LogP contribution < -0.4 is 0 Å². The average Bonchev–Trinajstić information content (AvgIpc) is 2.76. The van der Waals surface area contributed by atoms with Gasteiger partial charge in [-0.3, -0.25) is 4.79 Å². The van der Waals surface area contributed by atoms with Crippen LogP contribution in [0, 0.1) is 0 Å². The molecular weight excluding hydrogens is 451 g/mol. The third-order valence-electron chi connectivity index (χ3n) is 4.59. The molecule has 0 bridgehead atoms. The SMILES string of the molecule is O=C(CSc1ccc(C(F)(F)F)cn1)N1CCN(S(=O)(=O)C=Cc2ccccc2)CC1. The Kier molecular flexibility index (Phi) is 7.39. The predicted octanol–water partition coefficient (Wildman–Crippen LogP) is 3.34. The van der Waals surface area contributed by atoms with Gasteiger partial charge in [0.2, 0.25) is 15.9 Å². The van der Waals surface area contributed by atoms with Crippen LogP contribution in [0.3, 0.4) is 0 Å². The first-order chi connectivity index (χ1) is 14.6. The van der Waals surface area contributed by atoms with Crippen molar-refractivity contribution in [3.8, 4) is 0 Å². The summed E-state index contributed by atoms with van der Waals surface area (Å²) in [5.74, 6) is -0.206. The third-order valence-corrected chi connectivity index (χ3v) is 7.08. The number of piperazine rings is 1. The zero-order valence-electron chi connectivity index (χ0n) is 16.3. The molecule has 1 aromatic carbocycles. The summed E-state index contributed by atoms with van der Waals surface area (Å²) in [6.07, 6.45) is -2.19. The summed E-state index contributed by atoms with van der Waals surface area (Å²) in [5.41, 5.74) is -0.0735. The number of rotatable bonds is 6. The van der Waals surface area contributed by atoms with E-state index in [9.17, 15) is 26.4 Å². The number of nitrogens with zero attached hydrogens (tertiary/aromatic N) is 3. The number of amides is 1. The molecule has 2 heterocycles. The van der Waals surface area contributed by atoms with Crippen molar-refractivity contribution in [2.24, 2.45) is 0 Å². The van der Waals surface area contributed by atoms with E-state index in [-0.39, 0.29) is 37.8 Å². The minimum absolute atomic E-state index is 0.0129. The van der Waals surface area contributed by atoms with E-state index in [2.05, 4.69) is 4.98 Å². The number of carbonyl (C=O) groups excluding carboxylic acids is 1. The molecule has 31 heavy (non-hydrogen) atoms. The Morgan fingerprint density at radius 3 is 2.32 bits per heavy atom. The van der Waals surface area contributed by atoms with Gasteiger partial charge in [-0.1, -0.05) is 42.1 Å². The van der Waals surface area contributed by atoms with Gasteiger partial charge in [0.05, 0.1) is 16.3 Å². The Morgan fingerprint density at radius 1 is 1.06 bits per heavy atom. The van der Waals surface area contributed by atoms with Gasteiger partial charge in [0.1, 0.15) is 0 Å². The van der Waals surface area contributed by atoms with Crippen LogP contribution in [0.1, 0.15) is 11.1 Å². The molecule has 166 valence electrons. The third kappa shape index (κ3) is 6.55. The van der Waals surface area contributed by atoms with Gasteiger partial charge in [-0.2, -0.15) is 17.5 Å². The second kappa shape index (κ2) is 9.84. The highest BCUT2D eigenvalue weighted by Crippen LogP contribution is 2.29. The van der Waals surface area contributed by atoms with E-state index >= 15 is 0 Å². The maximum atomic E-state index is 12.6. The molecule has 1 aliphatic heterocycles. The van der Waals surface area contributed by atoms with E-state index in [0.717, 1.165) is 35.0 Å². The number of alkyl halides is 3. The first-order valence-electron chi connectivity index (χ1n) is 9.32. The molecule has 0 unspecified atom stereocenters. The Hall–Kier alpha value is -2.37. The lowest BCUT2D eigenvalue weighted by Gasteiger charge is -2.33. The topological polar surface area (TPSA) is 70.6 Å². The summed E-state index contributed by atoms with van der Waals surface area (Å²) in [4.78, 5) is 17.7. The van der Waals surface area contributed by atoms with Crippen LogP contribution >= 0.6 is 11.8 Å². The number of sulfonamides is 1. The number of thioether (sulfide) groups is 1. The van der Waals surface area contributed by atoms with Gasteiger partial charge in [-0.15, -0.1) is 0 Å². The second-order valence-corrected chi connectivity index (χ2v) is 9.52. The van der Waals surface area contributed by atoms with Gasteiger partial charge in [0.25, 0.3) is 0 Å². The van der Waals surface area contributed by atoms with Gasteiger partial charge >= 0.3 is 6.18 Å². The number of aromatic nitrogens is 1. The number of benzene rings is 1. The Labute approximate surface area is 182 Å². The van der Waals surface area contributed by atoms with Gasteiger partial charge < -0.3 is 4.90 Å². The summed E-state index contributed by atoms with van der Waals surface area (Å²) in [7, 11) is -3.59. The highest BCUT2D eigenvalue weighted by atomic mass is 32.2. The van der Waals surface area contributed by atoms with Crippen molar-refractivity contribution >= 4 is 33.8 Å². The predicted molar refractivity (Wildman–Crippen MR) is 113 cm³/mol. The number of hydrogen-bond acceptors (Lipinski definition) is 5. The molecule has 0 saturated carbocycles. The van der Waals surface area contributed by atoms with Crippen LogP contribution in [0.25, 0.3) is 6.08 Å². The Morgan fingerprint density at radius 2 is 1.74 bits per heavy atom. The maximum absolute atomic E-state index is 12.6. The van der Waals surface area contributed by atoms with Crippen LogP contribution in [0.2, 0.25) is 0 Å². The van der Waals surface area contributed by atoms with E-state index in [1.54, 1.807) is 17.0 Å². The maximum Gasteiger partial charge on any atom is 0.417 e. The quantitative estimate of drug-likeness (QED) is 0.605. The summed E-state index contributed by atoms with van der Waals surface area (Å²) in [6, 6.07) is 11.2. The zero-order valence-corrected chi connectivity index (χ0v) is 18.0. The molecule has 0 spiro atoms. The van der Waals surface area contributed by atoms with E-state index in [1.807, 2.05) is 18.2 Å². The fourth-order valence-corrected chi connectivity index (χ4v) is 4.79. The van der Waals surface area contributed by atoms with Crippen molar-refractivity contribution < 1.29 is 26.4 Å². The first kappa shape index (κ1) is 23.3. The largest absolute Gasteiger partial charge is 0.417 e. The van der Waals surface area contributed by atoms with Crippen LogP contribution in [-0.4, -0.2) is 60.4 Å². The molecule has 1 amide bonds. The molecule has 1 aromatic heterocycles. The van der Waals surface area contributed by atoms with Crippen molar-refractivity contribution in [2.75, 3.05) is 31.9 Å². The monoisotopic (exact) mass is 471 g/mol. The Bertz CT molecular complexity index is 1020. The molecule has 11 heteroatoms. The van der Waals surface area contributed by atoms with E-state index in [1.165, 1.54) is 16.4 Å². The number of hydrogen-bond donors (Lipinski definition) is 0. The summed E-state index contributed by atoms with van der Waals surface area (Å²) >= 11 is 1.04. The lowest BCUT2D eigenvalue weighted by molar-refractivity contribution is -0.138. The second-order valence-electron chi connectivity index (χ2n) is 6.71. The molecule has 1 fully saturated rings. The van der Waals surface area contributed by atoms with Crippen molar-refractivity contribution in [3.63, 3.8) is 0 Å². The molecule has 1 aliphatic rings. The van der Waals surface area contributed by atoms with Gasteiger partial charge in [-0.05, 0) is 23.8 Å². The minimum atomic E-state index is -4.46. The standard InChI is InChI=1S/C20H20F3N3O3S2/c21-20(22,23)17-6-7-18(24-14-17)30-15-19(27)25-9-11-26(12-10-25)31(28,29)13-8-16-4-2-1-3-5-16/h1-8,13-14H,9-12,15H2. The zero-order chi connectivity index (χ0) is 22.5. The average molecular weight is 472 g/mol. The van der Waals surface area contributed by atoms with E-state index < -0.39 is 21.8 Å². The Balaban J connectivity index is 1.48. The molecule has 1 saturated heterocycles. The lowest BCUT2D eigenvalue weighted by atomic mass is 10.2. The summed E-state index contributed by atoms with van der Waals surface area (Å²) in [6.45, 7) is 0.850. The van der Waals surface area contributed by atoms with Crippen molar-refractivity contribution in [2.45, 2.75) is 11.2 Å². The normalized spacial score (nSPS) is 16.0. The molecule has 0 atom stereocenters. The number of carbonyl (C=O) groups is 1. The number of halogens is 3. The highest BCUT2D eigenvalue weighted by molar-refractivity contribution is 7.99. The van der Waals surface area contributed by atoms with Crippen molar-refractivity contribution in [1.82, 2.24) is 14.2 Å². The van der Waals surface area contributed by atoms with Crippen LogP contribution in [0.15, 0.2) is 59.1 Å². The summed E-state index contributed by atoms with van der Waals surface area (Å²) < 4.78 is 64.0. The van der Waals surface area contributed by atoms with E-state index in [0.29, 0.717) is 5.03 Å². The molecule has 0 N–H and O–H groups in total. The molecular formula is C20H20F3N3O3S2.